The van der Waals surface area contributed by atoms with E-state index in [1.54, 1.807) is 7.11 Å². The van der Waals surface area contributed by atoms with Gasteiger partial charge in [0, 0.05) is 25.0 Å². The number of nitrogens with zero attached hydrogens (tertiary/aromatic N) is 2. The van der Waals surface area contributed by atoms with E-state index in [0.717, 1.165) is 30.2 Å². The van der Waals surface area contributed by atoms with Crippen LogP contribution in [0.25, 0.3) is 0 Å². The minimum atomic E-state index is 0.0164. The normalized spacial score (nSPS) is 23.4. The molecule has 2 saturated heterocycles. The number of likely N-dealkylation sites (tertiary alicyclic amines) is 1. The third-order valence-corrected chi connectivity index (χ3v) is 4.52. The topological polar surface area (TPSA) is 32.8 Å². The monoisotopic (exact) mass is 300 g/mol. The van der Waals surface area contributed by atoms with Crippen LogP contribution < -0.4 is 9.64 Å². The second-order valence-electron chi connectivity index (χ2n) is 6.39. The van der Waals surface area contributed by atoms with Gasteiger partial charge in [-0.1, -0.05) is 13.8 Å². The highest BCUT2D eigenvalue weighted by atomic mass is 16.5. The molecule has 0 radical (unpaired) electrons. The molecule has 118 valence electrons. The number of anilines is 1. The Morgan fingerprint density at radius 3 is 2.36 bits per heavy atom. The average molecular weight is 300 g/mol. The minimum absolute atomic E-state index is 0.0164. The zero-order chi connectivity index (χ0) is 15.7. The number of methoxy groups -OCH3 is 1. The van der Waals surface area contributed by atoms with E-state index in [9.17, 15) is 4.79 Å². The van der Waals surface area contributed by atoms with Gasteiger partial charge in [0.05, 0.1) is 18.7 Å². The quantitative estimate of drug-likeness (QED) is 0.800. The lowest BCUT2D eigenvalue weighted by Gasteiger charge is -2.44. The predicted octanol–water partition coefficient (Wildman–Crippen LogP) is 3.25. The van der Waals surface area contributed by atoms with Gasteiger partial charge >= 0.3 is 0 Å². The molecule has 0 N–H and O–H groups in total. The van der Waals surface area contributed by atoms with E-state index in [0.29, 0.717) is 5.92 Å². The molecular weight excluding hydrogens is 276 g/mol. The number of benzene rings is 1. The minimum Gasteiger partial charge on any atom is -0.497 e. The molecule has 1 amide bonds. The Morgan fingerprint density at radius 1 is 1.18 bits per heavy atom. The zero-order valence-corrected chi connectivity index (χ0v) is 13.6. The van der Waals surface area contributed by atoms with Crippen LogP contribution in [0.2, 0.25) is 0 Å². The molecule has 0 aliphatic carbocycles. The molecule has 2 fully saturated rings. The zero-order valence-electron chi connectivity index (χ0n) is 13.6. The van der Waals surface area contributed by atoms with E-state index < -0.39 is 0 Å². The number of rotatable bonds is 4. The number of amides is 1. The number of β-lactam (4-membered cyclic amide) rings is 1. The molecule has 22 heavy (non-hydrogen) atoms. The summed E-state index contributed by atoms with van der Waals surface area (Å²) in [5.41, 5.74) is 2.06. The maximum Gasteiger partial charge on any atom is 0.240 e. The molecule has 1 aromatic carbocycles. The summed E-state index contributed by atoms with van der Waals surface area (Å²) < 4.78 is 5.19. The molecule has 2 aliphatic rings. The molecule has 4 heteroatoms. The van der Waals surface area contributed by atoms with Crippen LogP contribution in [0.4, 0.5) is 5.69 Å². The van der Waals surface area contributed by atoms with Crippen molar-refractivity contribution in [3.63, 3.8) is 0 Å². The second-order valence-corrected chi connectivity index (χ2v) is 6.39. The molecule has 1 aromatic rings. The number of carbonyl (C=O) groups excluding carboxylic acids is 1. The van der Waals surface area contributed by atoms with Gasteiger partial charge in [-0.2, -0.15) is 0 Å². The summed E-state index contributed by atoms with van der Waals surface area (Å²) >= 11 is 0. The highest BCUT2D eigenvalue weighted by Gasteiger charge is 2.45. The Labute approximate surface area is 132 Å². The van der Waals surface area contributed by atoms with E-state index >= 15 is 0 Å². The van der Waals surface area contributed by atoms with Crippen molar-refractivity contribution >= 4 is 11.6 Å². The summed E-state index contributed by atoms with van der Waals surface area (Å²) in [5, 5.41) is 0. The summed E-state index contributed by atoms with van der Waals surface area (Å²) in [6.07, 6.45) is 4.68. The summed E-state index contributed by atoms with van der Waals surface area (Å²) in [5.74, 6) is 1.35. The fourth-order valence-corrected chi connectivity index (χ4v) is 3.30. The Morgan fingerprint density at radius 2 is 1.82 bits per heavy atom. The molecule has 3 rings (SSSR count). The van der Waals surface area contributed by atoms with Crippen molar-refractivity contribution in [2.75, 3.05) is 25.1 Å². The standard InChI is InChI=1S/C18H24N2O2/c1-13(2)17-16(12-19-10-4-5-11-19)20(18(17)21)14-6-8-15(22-3)9-7-14/h6-9,12-13,17H,4-5,10-11H2,1-3H3/b16-12+. The lowest BCUT2D eigenvalue weighted by Crippen LogP contribution is -2.53. The van der Waals surface area contributed by atoms with Crippen LogP contribution in [-0.4, -0.2) is 31.0 Å². The van der Waals surface area contributed by atoms with Gasteiger partial charge in [0.25, 0.3) is 0 Å². The van der Waals surface area contributed by atoms with Crippen LogP contribution in [0.1, 0.15) is 26.7 Å². The van der Waals surface area contributed by atoms with Crippen molar-refractivity contribution < 1.29 is 9.53 Å². The molecule has 0 saturated carbocycles. The largest absolute Gasteiger partial charge is 0.497 e. The van der Waals surface area contributed by atoms with E-state index in [2.05, 4.69) is 24.9 Å². The van der Waals surface area contributed by atoms with E-state index in [1.165, 1.54) is 12.8 Å². The Bertz CT molecular complexity index is 571. The summed E-state index contributed by atoms with van der Waals surface area (Å²) in [6, 6.07) is 7.70. The van der Waals surface area contributed by atoms with Gasteiger partial charge in [0.1, 0.15) is 5.75 Å². The molecule has 0 bridgehead atoms. The number of hydrogen-bond acceptors (Lipinski definition) is 3. The van der Waals surface area contributed by atoms with Crippen LogP contribution in [-0.2, 0) is 4.79 Å². The van der Waals surface area contributed by atoms with Crippen molar-refractivity contribution in [2.45, 2.75) is 26.7 Å². The Kier molecular flexibility index (Phi) is 4.10. The number of ether oxygens (including phenoxy) is 1. The smallest absolute Gasteiger partial charge is 0.240 e. The second kappa shape index (κ2) is 6.03. The fourth-order valence-electron chi connectivity index (χ4n) is 3.30. The van der Waals surface area contributed by atoms with Gasteiger partial charge in [0.2, 0.25) is 5.91 Å². The SMILES string of the molecule is COc1ccc(N2C(=O)C(C(C)C)/C2=C\N2CCCC2)cc1. The van der Waals surface area contributed by atoms with E-state index in [-0.39, 0.29) is 11.8 Å². The van der Waals surface area contributed by atoms with Gasteiger partial charge < -0.3 is 9.64 Å². The molecule has 1 unspecified atom stereocenters. The summed E-state index contributed by atoms with van der Waals surface area (Å²) in [4.78, 5) is 16.8. The predicted molar refractivity (Wildman–Crippen MR) is 87.7 cm³/mol. The lowest BCUT2D eigenvalue weighted by atomic mass is 9.83. The van der Waals surface area contributed by atoms with Crippen LogP contribution >= 0.6 is 0 Å². The van der Waals surface area contributed by atoms with Gasteiger partial charge in [-0.15, -0.1) is 0 Å². The van der Waals surface area contributed by atoms with Crippen LogP contribution in [0.15, 0.2) is 36.2 Å². The van der Waals surface area contributed by atoms with Gasteiger partial charge in [-0.3, -0.25) is 9.69 Å². The Hall–Kier alpha value is -1.97. The third-order valence-electron chi connectivity index (χ3n) is 4.52. The molecule has 0 aromatic heterocycles. The average Bonchev–Trinajstić information content (AvgIpc) is 3.00. The number of hydrogen-bond donors (Lipinski definition) is 0. The van der Waals surface area contributed by atoms with Crippen LogP contribution in [0, 0.1) is 11.8 Å². The van der Waals surface area contributed by atoms with Crippen molar-refractivity contribution in [3.8, 4) is 5.75 Å². The first-order valence-electron chi connectivity index (χ1n) is 8.05. The fraction of sp³-hybridized carbons (Fsp3) is 0.500. The molecule has 2 heterocycles. The lowest BCUT2D eigenvalue weighted by molar-refractivity contribution is -0.126. The first kappa shape index (κ1) is 14.9. The maximum absolute atomic E-state index is 12.6. The van der Waals surface area contributed by atoms with Crippen molar-refractivity contribution in [1.29, 1.82) is 0 Å². The van der Waals surface area contributed by atoms with Crippen LogP contribution in [0.5, 0.6) is 5.75 Å². The van der Waals surface area contributed by atoms with Gasteiger partial charge in [-0.05, 0) is 43.0 Å². The van der Waals surface area contributed by atoms with E-state index in [1.807, 2.05) is 29.2 Å². The Balaban J connectivity index is 1.88. The van der Waals surface area contributed by atoms with Crippen molar-refractivity contribution in [1.82, 2.24) is 4.90 Å². The molecule has 2 aliphatic heterocycles. The summed E-state index contributed by atoms with van der Waals surface area (Å²) in [6.45, 7) is 6.43. The molecule has 1 atom stereocenters. The molecule has 4 nitrogen and oxygen atoms in total. The first-order chi connectivity index (χ1) is 10.6. The van der Waals surface area contributed by atoms with Crippen LogP contribution in [0.3, 0.4) is 0 Å². The highest BCUT2D eigenvalue weighted by Crippen LogP contribution is 2.40. The number of carbonyl (C=O) groups is 1. The van der Waals surface area contributed by atoms with Gasteiger partial charge in [-0.25, -0.2) is 0 Å². The molecule has 0 spiro atoms. The maximum atomic E-state index is 12.6. The van der Waals surface area contributed by atoms with E-state index in [4.69, 9.17) is 4.74 Å². The van der Waals surface area contributed by atoms with Crippen molar-refractivity contribution in [3.05, 3.63) is 36.2 Å². The third kappa shape index (κ3) is 2.58. The first-order valence-corrected chi connectivity index (χ1v) is 8.05. The van der Waals surface area contributed by atoms with Gasteiger partial charge in [0.15, 0.2) is 0 Å². The van der Waals surface area contributed by atoms with Crippen molar-refractivity contribution in [2.24, 2.45) is 11.8 Å². The molecular formula is C18H24N2O2. The highest BCUT2D eigenvalue weighted by molar-refractivity contribution is 6.08. The summed E-state index contributed by atoms with van der Waals surface area (Å²) in [7, 11) is 1.65.